The van der Waals surface area contributed by atoms with E-state index in [2.05, 4.69) is 0 Å². The number of carbonyl (C=O) groups excluding carboxylic acids is 1. The lowest BCUT2D eigenvalue weighted by Crippen LogP contribution is -2.51. The zero-order valence-electron chi connectivity index (χ0n) is 14.4. The minimum absolute atomic E-state index is 0.103. The summed E-state index contributed by atoms with van der Waals surface area (Å²) in [7, 11) is 0. The quantitative estimate of drug-likeness (QED) is 0.714. The molecule has 0 radical (unpaired) electrons. The summed E-state index contributed by atoms with van der Waals surface area (Å²) in [6, 6.07) is 6.45. The second kappa shape index (κ2) is 9.11. The largest absolute Gasteiger partial charge is 0.460 e. The molecule has 2 rings (SSSR count). The number of benzene rings is 1. The summed E-state index contributed by atoms with van der Waals surface area (Å²) in [5.74, 6) is -0.609. The van der Waals surface area contributed by atoms with Crippen molar-refractivity contribution < 1.29 is 28.1 Å². The van der Waals surface area contributed by atoms with Gasteiger partial charge in [-0.25, -0.2) is 4.39 Å². The van der Waals surface area contributed by atoms with E-state index in [0.717, 1.165) is 0 Å². The first-order valence-electron chi connectivity index (χ1n) is 8.36. The molecule has 1 fully saturated rings. The topological polar surface area (TPSA) is 54.0 Å². The van der Waals surface area contributed by atoms with Crippen LogP contribution in [0.2, 0.25) is 0 Å². The maximum Gasteiger partial charge on any atom is 0.305 e. The molecule has 0 spiro atoms. The Morgan fingerprint density at radius 3 is 2.79 bits per heavy atom. The van der Waals surface area contributed by atoms with Crippen LogP contribution in [0.4, 0.5) is 4.39 Å². The third-order valence-electron chi connectivity index (χ3n) is 3.93. The van der Waals surface area contributed by atoms with E-state index in [1.165, 1.54) is 6.07 Å². The normalized spacial score (nSPS) is 25.2. The Balaban J connectivity index is 2.01. The fourth-order valence-corrected chi connectivity index (χ4v) is 2.54. The zero-order chi connectivity index (χ0) is 17.5. The van der Waals surface area contributed by atoms with Gasteiger partial charge in [0.05, 0.1) is 13.2 Å². The van der Waals surface area contributed by atoms with Crippen molar-refractivity contribution in [3.63, 3.8) is 0 Å². The summed E-state index contributed by atoms with van der Waals surface area (Å²) >= 11 is 0. The van der Waals surface area contributed by atoms with Gasteiger partial charge in [-0.05, 0) is 19.4 Å². The van der Waals surface area contributed by atoms with E-state index in [-0.39, 0.29) is 24.7 Å². The number of esters is 1. The summed E-state index contributed by atoms with van der Waals surface area (Å²) in [5.41, 5.74) is 0.465. The number of halogens is 1. The van der Waals surface area contributed by atoms with Crippen molar-refractivity contribution in [3.05, 3.63) is 35.6 Å². The van der Waals surface area contributed by atoms with Crippen molar-refractivity contribution >= 4 is 5.97 Å². The predicted octanol–water partition coefficient (Wildman–Crippen LogP) is 3.20. The number of carbonyl (C=O) groups is 1. The summed E-state index contributed by atoms with van der Waals surface area (Å²) < 4.78 is 36.3. The highest BCUT2D eigenvalue weighted by Gasteiger charge is 2.37. The Hall–Kier alpha value is -1.50. The Labute approximate surface area is 142 Å². The lowest BCUT2D eigenvalue weighted by atomic mass is 10.1. The molecule has 134 valence electrons. The molecule has 0 aliphatic carbocycles. The monoisotopic (exact) mass is 340 g/mol. The number of hydrogen-bond acceptors (Lipinski definition) is 5. The third-order valence-corrected chi connectivity index (χ3v) is 3.93. The van der Waals surface area contributed by atoms with Gasteiger partial charge < -0.3 is 18.9 Å². The van der Waals surface area contributed by atoms with E-state index >= 15 is 0 Å². The van der Waals surface area contributed by atoms with Gasteiger partial charge in [0.15, 0.2) is 6.29 Å². The first-order valence-corrected chi connectivity index (χ1v) is 8.36. The van der Waals surface area contributed by atoms with Crippen LogP contribution in [0.15, 0.2) is 24.3 Å². The molecule has 0 aromatic heterocycles. The van der Waals surface area contributed by atoms with Gasteiger partial charge >= 0.3 is 5.97 Å². The van der Waals surface area contributed by atoms with Gasteiger partial charge in [-0.3, -0.25) is 4.79 Å². The molecule has 6 heteroatoms. The summed E-state index contributed by atoms with van der Waals surface area (Å²) in [5, 5.41) is 0. The van der Waals surface area contributed by atoms with Crippen LogP contribution >= 0.6 is 0 Å². The molecular formula is C18H25FO5. The van der Waals surface area contributed by atoms with Crippen molar-refractivity contribution in [2.75, 3.05) is 6.61 Å². The van der Waals surface area contributed by atoms with Crippen LogP contribution in [0.25, 0.3) is 0 Å². The fraction of sp³-hybridized carbons (Fsp3) is 0.611. The maximum absolute atomic E-state index is 13.7. The van der Waals surface area contributed by atoms with Gasteiger partial charge in [0.2, 0.25) is 0 Å². The van der Waals surface area contributed by atoms with E-state index in [9.17, 15) is 9.18 Å². The first kappa shape index (κ1) is 18.8. The number of ether oxygens (including phenoxy) is 4. The highest BCUT2D eigenvalue weighted by molar-refractivity contribution is 5.69. The molecule has 1 aromatic carbocycles. The summed E-state index contributed by atoms with van der Waals surface area (Å²) in [4.78, 5) is 11.5. The van der Waals surface area contributed by atoms with Crippen LogP contribution in [0, 0.1) is 5.82 Å². The maximum atomic E-state index is 13.7. The van der Waals surface area contributed by atoms with Crippen LogP contribution in [-0.2, 0) is 30.3 Å². The van der Waals surface area contributed by atoms with Crippen molar-refractivity contribution in [2.45, 2.75) is 64.8 Å². The van der Waals surface area contributed by atoms with E-state index in [0.29, 0.717) is 25.0 Å². The van der Waals surface area contributed by atoms with Crippen molar-refractivity contribution in [1.82, 2.24) is 0 Å². The Morgan fingerprint density at radius 1 is 1.38 bits per heavy atom. The summed E-state index contributed by atoms with van der Waals surface area (Å²) in [6.45, 7) is 5.87. The Kier molecular flexibility index (Phi) is 7.15. The smallest absolute Gasteiger partial charge is 0.305 e. The van der Waals surface area contributed by atoms with E-state index in [4.69, 9.17) is 18.9 Å². The van der Waals surface area contributed by atoms with Crippen LogP contribution in [0.3, 0.4) is 0 Å². The van der Waals surface area contributed by atoms with Gasteiger partial charge in [0.1, 0.15) is 24.1 Å². The first-order chi connectivity index (χ1) is 11.5. The van der Waals surface area contributed by atoms with Gasteiger partial charge in [0, 0.05) is 12.0 Å². The van der Waals surface area contributed by atoms with Gasteiger partial charge in [-0.1, -0.05) is 32.0 Å². The highest BCUT2D eigenvalue weighted by Crippen LogP contribution is 2.23. The van der Waals surface area contributed by atoms with E-state index in [1.54, 1.807) is 32.0 Å². The SMILES string of the molecule is CCC(=O)OC(C)[C@H]1O[C@@H](CC)OC[C@H]1OCc1ccccc1F. The Bertz CT molecular complexity index is 536. The summed E-state index contributed by atoms with van der Waals surface area (Å²) in [6.07, 6.45) is -0.735. The van der Waals surface area contributed by atoms with Crippen LogP contribution < -0.4 is 0 Å². The molecule has 4 atom stereocenters. The molecule has 1 saturated heterocycles. The number of hydrogen-bond donors (Lipinski definition) is 0. The third kappa shape index (κ3) is 5.00. The predicted molar refractivity (Wildman–Crippen MR) is 85.7 cm³/mol. The molecule has 1 heterocycles. The lowest BCUT2D eigenvalue weighted by molar-refractivity contribution is -0.281. The van der Waals surface area contributed by atoms with Crippen molar-refractivity contribution in [1.29, 1.82) is 0 Å². The average Bonchev–Trinajstić information content (AvgIpc) is 2.60. The van der Waals surface area contributed by atoms with Gasteiger partial charge in [-0.15, -0.1) is 0 Å². The van der Waals surface area contributed by atoms with E-state index < -0.39 is 18.3 Å². The molecule has 1 aliphatic rings. The second-order valence-corrected chi connectivity index (χ2v) is 5.76. The molecular weight excluding hydrogens is 315 g/mol. The molecule has 24 heavy (non-hydrogen) atoms. The van der Waals surface area contributed by atoms with Gasteiger partial charge in [-0.2, -0.15) is 0 Å². The molecule has 0 N–H and O–H groups in total. The van der Waals surface area contributed by atoms with Crippen molar-refractivity contribution in [2.24, 2.45) is 0 Å². The van der Waals surface area contributed by atoms with Crippen LogP contribution in [0.5, 0.6) is 0 Å². The van der Waals surface area contributed by atoms with Gasteiger partial charge in [0.25, 0.3) is 0 Å². The number of rotatable bonds is 7. The zero-order valence-corrected chi connectivity index (χ0v) is 14.4. The second-order valence-electron chi connectivity index (χ2n) is 5.76. The molecule has 0 bridgehead atoms. The lowest BCUT2D eigenvalue weighted by Gasteiger charge is -2.38. The minimum Gasteiger partial charge on any atom is -0.460 e. The minimum atomic E-state index is -0.471. The highest BCUT2D eigenvalue weighted by atomic mass is 19.1. The Morgan fingerprint density at radius 2 is 2.12 bits per heavy atom. The molecule has 0 saturated carbocycles. The molecule has 1 aromatic rings. The van der Waals surface area contributed by atoms with E-state index in [1.807, 2.05) is 6.92 Å². The van der Waals surface area contributed by atoms with Crippen LogP contribution in [0.1, 0.15) is 39.2 Å². The fourth-order valence-electron chi connectivity index (χ4n) is 2.54. The van der Waals surface area contributed by atoms with Crippen LogP contribution in [-0.4, -0.2) is 37.2 Å². The van der Waals surface area contributed by atoms with Crippen molar-refractivity contribution in [3.8, 4) is 0 Å². The average molecular weight is 340 g/mol. The molecule has 5 nitrogen and oxygen atoms in total. The molecule has 0 amide bonds. The molecule has 1 aliphatic heterocycles. The standard InChI is InChI=1S/C18H25FO5/c1-4-16(20)23-12(3)18-15(11-22-17(5-2)24-18)21-10-13-8-6-7-9-14(13)19/h6-9,12,15,17-18H,4-5,10-11H2,1-3H3/t12?,15-,17+,18-/m1/s1. The molecule has 1 unspecified atom stereocenters.